The van der Waals surface area contributed by atoms with Crippen LogP contribution >= 0.6 is 11.6 Å². The quantitative estimate of drug-likeness (QED) is 0.805. The molecule has 2 aromatic heterocycles. The third-order valence-corrected chi connectivity index (χ3v) is 3.97. The molecular weight excluding hydrogens is 278 g/mol. The van der Waals surface area contributed by atoms with E-state index in [0.717, 1.165) is 16.8 Å². The molecule has 1 aliphatic heterocycles. The van der Waals surface area contributed by atoms with E-state index in [1.807, 2.05) is 24.7 Å². The molecule has 0 saturated carbocycles. The van der Waals surface area contributed by atoms with Crippen molar-refractivity contribution >= 4 is 23.2 Å². The monoisotopic (exact) mass is 291 g/mol. The first-order valence-electron chi connectivity index (χ1n) is 6.23. The van der Waals surface area contributed by atoms with E-state index in [9.17, 15) is 9.59 Å². The van der Waals surface area contributed by atoms with Gasteiger partial charge in [0.15, 0.2) is 0 Å². The molecule has 5 nitrogen and oxygen atoms in total. The number of hydrogen-bond acceptors (Lipinski definition) is 2. The summed E-state index contributed by atoms with van der Waals surface area (Å²) in [5.74, 6) is -0.0483. The Morgan fingerprint density at radius 1 is 1.15 bits per heavy atom. The van der Waals surface area contributed by atoms with E-state index in [1.54, 1.807) is 24.2 Å². The van der Waals surface area contributed by atoms with Crippen LogP contribution in [0.4, 0.5) is 5.69 Å². The molecule has 0 spiro atoms. The van der Waals surface area contributed by atoms with Crippen LogP contribution < -0.4 is 10.5 Å². The Morgan fingerprint density at radius 3 is 2.45 bits per heavy atom. The molecule has 20 heavy (non-hydrogen) atoms. The van der Waals surface area contributed by atoms with Crippen molar-refractivity contribution in [2.75, 3.05) is 4.90 Å². The van der Waals surface area contributed by atoms with Crippen LogP contribution in [-0.4, -0.2) is 15.0 Å². The Morgan fingerprint density at radius 2 is 1.85 bits per heavy atom. The van der Waals surface area contributed by atoms with Crippen LogP contribution in [0.5, 0.6) is 0 Å². The first kappa shape index (κ1) is 13.0. The molecule has 2 aromatic rings. The predicted octanol–water partition coefficient (Wildman–Crippen LogP) is 1.85. The SMILES string of the molecule is Cc1cn(C)c2c1C(=O)N(c1cc(Cl)c(=O)n(C)c1)C2. The van der Waals surface area contributed by atoms with Gasteiger partial charge < -0.3 is 14.0 Å². The molecule has 0 unspecified atom stereocenters. The van der Waals surface area contributed by atoms with E-state index in [4.69, 9.17) is 11.6 Å². The first-order chi connectivity index (χ1) is 9.40. The van der Waals surface area contributed by atoms with Gasteiger partial charge in [0, 0.05) is 26.5 Å². The Kier molecular flexibility index (Phi) is 2.76. The van der Waals surface area contributed by atoms with Crippen molar-refractivity contribution in [1.82, 2.24) is 9.13 Å². The number of carbonyl (C=O) groups excluding carboxylic acids is 1. The number of aromatic nitrogens is 2. The zero-order valence-corrected chi connectivity index (χ0v) is 12.2. The van der Waals surface area contributed by atoms with Crippen molar-refractivity contribution in [1.29, 1.82) is 0 Å². The number of hydrogen-bond donors (Lipinski definition) is 0. The number of rotatable bonds is 1. The van der Waals surface area contributed by atoms with E-state index in [1.165, 1.54) is 4.57 Å². The number of fused-ring (bicyclic) bond motifs is 1. The van der Waals surface area contributed by atoms with Gasteiger partial charge in [-0.05, 0) is 18.6 Å². The van der Waals surface area contributed by atoms with Gasteiger partial charge in [-0.25, -0.2) is 0 Å². The lowest BCUT2D eigenvalue weighted by atomic mass is 10.2. The van der Waals surface area contributed by atoms with Crippen molar-refractivity contribution in [3.8, 4) is 0 Å². The Hall–Kier alpha value is -2.01. The average molecular weight is 292 g/mol. The molecule has 3 heterocycles. The minimum atomic E-state index is -0.268. The van der Waals surface area contributed by atoms with Crippen molar-refractivity contribution in [3.05, 3.63) is 50.7 Å². The number of aryl methyl sites for hydroxylation is 3. The highest BCUT2D eigenvalue weighted by Crippen LogP contribution is 2.31. The Labute approximate surface area is 121 Å². The van der Waals surface area contributed by atoms with Gasteiger partial charge in [0.05, 0.1) is 23.5 Å². The van der Waals surface area contributed by atoms with Crippen LogP contribution in [0.2, 0.25) is 5.02 Å². The summed E-state index contributed by atoms with van der Waals surface area (Å²) in [6.07, 6.45) is 3.58. The zero-order chi connectivity index (χ0) is 14.6. The van der Waals surface area contributed by atoms with Gasteiger partial charge in [0.25, 0.3) is 11.5 Å². The van der Waals surface area contributed by atoms with E-state index < -0.39 is 0 Å². The fourth-order valence-corrected chi connectivity index (χ4v) is 2.93. The maximum Gasteiger partial charge on any atom is 0.269 e. The molecule has 0 atom stereocenters. The van der Waals surface area contributed by atoms with Crippen LogP contribution in [-0.2, 0) is 20.6 Å². The zero-order valence-electron chi connectivity index (χ0n) is 11.5. The van der Waals surface area contributed by atoms with Gasteiger partial charge in [-0.2, -0.15) is 0 Å². The number of carbonyl (C=O) groups is 1. The lowest BCUT2D eigenvalue weighted by molar-refractivity contribution is 0.0996. The molecular formula is C14H14ClN3O2. The third-order valence-electron chi connectivity index (χ3n) is 3.70. The van der Waals surface area contributed by atoms with Crippen LogP contribution in [0.3, 0.4) is 0 Å². The molecule has 0 bridgehead atoms. The molecule has 0 saturated heterocycles. The van der Waals surface area contributed by atoms with Crippen LogP contribution in [0, 0.1) is 6.92 Å². The highest BCUT2D eigenvalue weighted by molar-refractivity contribution is 6.30. The summed E-state index contributed by atoms with van der Waals surface area (Å²) in [5.41, 5.74) is 3.06. The fraction of sp³-hybridized carbons (Fsp3) is 0.286. The van der Waals surface area contributed by atoms with Gasteiger partial charge in [0.1, 0.15) is 5.02 Å². The maximum absolute atomic E-state index is 12.5. The Bertz CT molecular complexity index is 762. The third kappa shape index (κ3) is 1.70. The normalized spacial score (nSPS) is 14.0. The number of amides is 1. The van der Waals surface area contributed by atoms with Gasteiger partial charge in [-0.3, -0.25) is 9.59 Å². The molecule has 0 radical (unpaired) electrons. The van der Waals surface area contributed by atoms with Gasteiger partial charge in [-0.1, -0.05) is 11.6 Å². The minimum absolute atomic E-state index is 0.0483. The second kappa shape index (κ2) is 4.24. The summed E-state index contributed by atoms with van der Waals surface area (Å²) in [6, 6.07) is 1.54. The lowest BCUT2D eigenvalue weighted by Gasteiger charge is -2.17. The Balaban J connectivity index is 2.09. The van der Waals surface area contributed by atoms with Crippen molar-refractivity contribution < 1.29 is 4.79 Å². The average Bonchev–Trinajstić information content (AvgIpc) is 2.86. The second-order valence-electron chi connectivity index (χ2n) is 5.10. The summed E-state index contributed by atoms with van der Waals surface area (Å²) in [7, 11) is 3.55. The smallest absolute Gasteiger partial charge is 0.269 e. The van der Waals surface area contributed by atoms with E-state index in [-0.39, 0.29) is 16.5 Å². The lowest BCUT2D eigenvalue weighted by Crippen LogP contribution is -2.26. The number of nitrogens with zero attached hydrogens (tertiary/aromatic N) is 3. The van der Waals surface area contributed by atoms with Crippen molar-refractivity contribution in [2.24, 2.45) is 14.1 Å². The number of anilines is 1. The maximum atomic E-state index is 12.5. The van der Waals surface area contributed by atoms with Crippen molar-refractivity contribution in [2.45, 2.75) is 13.5 Å². The molecule has 104 valence electrons. The van der Waals surface area contributed by atoms with Crippen LogP contribution in [0.15, 0.2) is 23.3 Å². The topological polar surface area (TPSA) is 47.2 Å². The molecule has 0 aromatic carbocycles. The molecule has 0 fully saturated rings. The standard InChI is InChI=1S/C14H14ClN3O2/c1-8-5-16(2)11-7-18(14(20)12(8)11)9-4-10(15)13(19)17(3)6-9/h4-6H,7H2,1-3H3. The summed E-state index contributed by atoms with van der Waals surface area (Å²) in [5, 5.41) is 0.116. The largest absolute Gasteiger partial charge is 0.352 e. The van der Waals surface area contributed by atoms with Crippen molar-refractivity contribution in [3.63, 3.8) is 0 Å². The molecule has 0 N–H and O–H groups in total. The van der Waals surface area contributed by atoms with Gasteiger partial charge in [0.2, 0.25) is 0 Å². The molecule has 3 rings (SSSR count). The summed E-state index contributed by atoms with van der Waals surface area (Å²) in [6.45, 7) is 2.42. The van der Waals surface area contributed by atoms with Crippen LogP contribution in [0.25, 0.3) is 0 Å². The van der Waals surface area contributed by atoms with E-state index in [0.29, 0.717) is 12.2 Å². The fourth-order valence-electron chi connectivity index (χ4n) is 2.69. The number of halogens is 1. The van der Waals surface area contributed by atoms with Gasteiger partial charge >= 0.3 is 0 Å². The highest BCUT2D eigenvalue weighted by Gasteiger charge is 2.33. The predicted molar refractivity (Wildman–Crippen MR) is 77.4 cm³/mol. The second-order valence-corrected chi connectivity index (χ2v) is 5.51. The molecule has 0 aliphatic carbocycles. The molecule has 6 heteroatoms. The summed E-state index contributed by atoms with van der Waals surface area (Å²) < 4.78 is 3.35. The molecule has 1 aliphatic rings. The van der Waals surface area contributed by atoms with E-state index >= 15 is 0 Å². The van der Waals surface area contributed by atoms with Crippen LogP contribution in [0.1, 0.15) is 21.6 Å². The summed E-state index contributed by atoms with van der Waals surface area (Å²) >= 11 is 5.92. The highest BCUT2D eigenvalue weighted by atomic mass is 35.5. The van der Waals surface area contributed by atoms with Gasteiger partial charge in [-0.15, -0.1) is 0 Å². The summed E-state index contributed by atoms with van der Waals surface area (Å²) in [4.78, 5) is 25.8. The first-order valence-corrected chi connectivity index (χ1v) is 6.60. The minimum Gasteiger partial charge on any atom is -0.352 e. The van der Waals surface area contributed by atoms with E-state index in [2.05, 4.69) is 0 Å². The molecule has 1 amide bonds. The number of pyridine rings is 1.